The van der Waals surface area contributed by atoms with Crippen LogP contribution in [0.15, 0.2) is 180 Å². The Hall–Kier alpha value is -5.70. The average molecular weight is 657 g/mol. The van der Waals surface area contributed by atoms with Crippen molar-refractivity contribution in [3.63, 3.8) is 0 Å². The average Bonchev–Trinajstić information content (AvgIpc) is 3.82. The third-order valence-electron chi connectivity index (χ3n) is 7.76. The fraction of sp³-hybridized carbons (Fsp3) is 0. The van der Waals surface area contributed by atoms with Gasteiger partial charge in [-0.3, -0.25) is 0 Å². The molecule has 0 radical (unpaired) electrons. The summed E-state index contributed by atoms with van der Waals surface area (Å²) in [6.45, 7) is 0. The molecular formula is C40H28N6S2. The van der Waals surface area contributed by atoms with Gasteiger partial charge in [0.2, 0.25) is 0 Å². The molecule has 2 heterocycles. The molecule has 0 amide bonds. The van der Waals surface area contributed by atoms with Crippen molar-refractivity contribution in [1.82, 2.24) is 29.5 Å². The van der Waals surface area contributed by atoms with Crippen molar-refractivity contribution in [2.24, 2.45) is 0 Å². The molecule has 0 saturated carbocycles. The fourth-order valence-corrected chi connectivity index (χ4v) is 7.78. The summed E-state index contributed by atoms with van der Waals surface area (Å²) >= 11 is 0. The van der Waals surface area contributed by atoms with Crippen molar-refractivity contribution in [3.8, 4) is 56.9 Å². The number of rotatable bonds is 9. The molecule has 230 valence electrons. The highest BCUT2D eigenvalue weighted by atomic mass is 33.1. The van der Waals surface area contributed by atoms with E-state index in [0.717, 1.165) is 55.1 Å². The van der Waals surface area contributed by atoms with E-state index in [1.807, 2.05) is 106 Å². The number of hydrogen-bond donors (Lipinski definition) is 0. The molecule has 0 aliphatic rings. The number of hydrogen-bond acceptors (Lipinski definition) is 6. The number of aromatic nitrogens is 6. The van der Waals surface area contributed by atoms with Gasteiger partial charge >= 0.3 is 0 Å². The lowest BCUT2D eigenvalue weighted by Crippen LogP contribution is -2.00. The van der Waals surface area contributed by atoms with Crippen LogP contribution in [0.3, 0.4) is 0 Å². The first-order chi connectivity index (χ1) is 23.8. The van der Waals surface area contributed by atoms with Crippen LogP contribution >= 0.6 is 21.6 Å². The van der Waals surface area contributed by atoms with E-state index in [1.165, 1.54) is 0 Å². The molecule has 8 heteroatoms. The molecule has 0 atom stereocenters. The Kier molecular flexibility index (Phi) is 8.39. The van der Waals surface area contributed by atoms with E-state index < -0.39 is 0 Å². The molecule has 0 spiro atoms. The zero-order valence-electron chi connectivity index (χ0n) is 25.7. The molecule has 0 saturated heterocycles. The molecule has 0 fully saturated rings. The molecule has 6 aromatic carbocycles. The number of nitrogens with zero attached hydrogens (tertiary/aromatic N) is 6. The van der Waals surface area contributed by atoms with Crippen LogP contribution in [-0.2, 0) is 0 Å². The Balaban J connectivity index is 1.18. The Labute approximate surface area is 286 Å². The largest absolute Gasteiger partial charge is 0.213 e. The van der Waals surface area contributed by atoms with Gasteiger partial charge < -0.3 is 0 Å². The second-order valence-corrected chi connectivity index (χ2v) is 13.1. The Morgan fingerprint density at radius 1 is 0.354 bits per heavy atom. The van der Waals surface area contributed by atoms with Crippen molar-refractivity contribution >= 4 is 21.6 Å². The molecule has 6 nitrogen and oxygen atoms in total. The third-order valence-corrected chi connectivity index (χ3v) is 10.2. The molecule has 48 heavy (non-hydrogen) atoms. The predicted molar refractivity (Wildman–Crippen MR) is 196 cm³/mol. The minimum atomic E-state index is 0.682. The SMILES string of the molecule is c1ccc(-c2nc(-c3ccccc3SSc3ccccc3-c3nc(-c4ccccc4)nn3-c3ccccc3)n(-c3ccccc3)n2)cc1. The summed E-state index contributed by atoms with van der Waals surface area (Å²) in [6.07, 6.45) is 0. The molecule has 0 unspecified atom stereocenters. The molecule has 0 aliphatic carbocycles. The molecule has 2 aromatic heterocycles. The van der Waals surface area contributed by atoms with Crippen LogP contribution in [0.2, 0.25) is 0 Å². The zero-order chi connectivity index (χ0) is 32.1. The second kappa shape index (κ2) is 13.6. The lowest BCUT2D eigenvalue weighted by Gasteiger charge is -2.12. The van der Waals surface area contributed by atoms with E-state index in [2.05, 4.69) is 72.8 Å². The van der Waals surface area contributed by atoms with Gasteiger partial charge in [0.25, 0.3) is 0 Å². The van der Waals surface area contributed by atoms with Gasteiger partial charge in [0.1, 0.15) is 0 Å². The minimum Gasteiger partial charge on any atom is -0.213 e. The highest BCUT2D eigenvalue weighted by Gasteiger charge is 2.21. The van der Waals surface area contributed by atoms with Crippen LogP contribution in [0.1, 0.15) is 0 Å². The number of para-hydroxylation sites is 2. The van der Waals surface area contributed by atoms with Gasteiger partial charge in [-0.15, -0.1) is 10.2 Å². The normalized spacial score (nSPS) is 11.1. The Morgan fingerprint density at radius 2 is 0.688 bits per heavy atom. The first-order valence-corrected chi connectivity index (χ1v) is 17.7. The zero-order valence-corrected chi connectivity index (χ0v) is 27.3. The van der Waals surface area contributed by atoms with Gasteiger partial charge in [0.05, 0.1) is 11.4 Å². The standard InChI is InChI=1S/C40H28N6S2/c1-5-17-29(18-6-1)37-41-39(45(43-37)31-21-9-3-10-22-31)33-25-13-15-27-35(33)47-48-36-28-16-14-26-34(36)40-42-38(30-19-7-2-8-20-30)44-46(40)32-23-11-4-12-24-32/h1-28H. The van der Waals surface area contributed by atoms with Gasteiger partial charge in [0.15, 0.2) is 23.3 Å². The van der Waals surface area contributed by atoms with E-state index in [0.29, 0.717) is 11.6 Å². The van der Waals surface area contributed by atoms with Crippen LogP contribution < -0.4 is 0 Å². The van der Waals surface area contributed by atoms with E-state index >= 15 is 0 Å². The molecule has 0 N–H and O–H groups in total. The summed E-state index contributed by atoms with van der Waals surface area (Å²) in [7, 11) is 3.39. The predicted octanol–water partition coefficient (Wildman–Crippen LogP) is 10.3. The fourth-order valence-electron chi connectivity index (χ4n) is 5.43. The monoisotopic (exact) mass is 656 g/mol. The summed E-state index contributed by atoms with van der Waals surface area (Å²) in [5, 5.41) is 9.96. The molecule has 8 rings (SSSR count). The molecule has 0 aliphatic heterocycles. The molecule has 0 bridgehead atoms. The first kappa shape index (κ1) is 29.7. The first-order valence-electron chi connectivity index (χ1n) is 15.5. The van der Waals surface area contributed by atoms with Crippen LogP contribution in [0.4, 0.5) is 0 Å². The van der Waals surface area contributed by atoms with Crippen LogP contribution in [0.25, 0.3) is 56.9 Å². The van der Waals surface area contributed by atoms with E-state index in [9.17, 15) is 0 Å². The topological polar surface area (TPSA) is 61.4 Å². The van der Waals surface area contributed by atoms with Crippen LogP contribution in [0, 0.1) is 0 Å². The van der Waals surface area contributed by atoms with Gasteiger partial charge in [-0.2, -0.15) is 0 Å². The smallest absolute Gasteiger partial charge is 0.182 e. The summed E-state index contributed by atoms with van der Waals surface area (Å²) in [6, 6.07) is 57.3. The molecular weight excluding hydrogens is 629 g/mol. The van der Waals surface area contributed by atoms with Gasteiger partial charge in [-0.1, -0.05) is 155 Å². The lowest BCUT2D eigenvalue weighted by molar-refractivity contribution is 0.888. The highest BCUT2D eigenvalue weighted by Crippen LogP contribution is 2.45. The van der Waals surface area contributed by atoms with Crippen LogP contribution in [-0.4, -0.2) is 29.5 Å². The second-order valence-electron chi connectivity index (χ2n) is 10.9. The van der Waals surface area contributed by atoms with Crippen LogP contribution in [0.5, 0.6) is 0 Å². The van der Waals surface area contributed by atoms with Gasteiger partial charge in [-0.05, 0) is 36.4 Å². The van der Waals surface area contributed by atoms with E-state index in [-0.39, 0.29) is 0 Å². The maximum absolute atomic E-state index is 5.09. The molecule has 8 aromatic rings. The summed E-state index contributed by atoms with van der Waals surface area (Å²) in [4.78, 5) is 12.3. The van der Waals surface area contributed by atoms with Crippen molar-refractivity contribution in [2.75, 3.05) is 0 Å². The minimum absolute atomic E-state index is 0.682. The van der Waals surface area contributed by atoms with E-state index in [4.69, 9.17) is 20.2 Å². The highest BCUT2D eigenvalue weighted by molar-refractivity contribution is 8.76. The maximum Gasteiger partial charge on any atom is 0.182 e. The Bertz CT molecular complexity index is 2120. The Morgan fingerprint density at radius 3 is 1.08 bits per heavy atom. The summed E-state index contributed by atoms with van der Waals surface area (Å²) in [5.74, 6) is 2.94. The van der Waals surface area contributed by atoms with Gasteiger partial charge in [0, 0.05) is 32.0 Å². The summed E-state index contributed by atoms with van der Waals surface area (Å²) in [5.41, 5.74) is 5.86. The third kappa shape index (κ3) is 6.07. The van der Waals surface area contributed by atoms with Crippen molar-refractivity contribution in [2.45, 2.75) is 9.79 Å². The lowest BCUT2D eigenvalue weighted by atomic mass is 10.2. The maximum atomic E-state index is 5.09. The quantitative estimate of drug-likeness (QED) is 0.144. The van der Waals surface area contributed by atoms with Crippen molar-refractivity contribution in [1.29, 1.82) is 0 Å². The van der Waals surface area contributed by atoms with E-state index in [1.54, 1.807) is 21.6 Å². The number of benzene rings is 6. The van der Waals surface area contributed by atoms with Gasteiger partial charge in [-0.25, -0.2) is 19.3 Å². The van der Waals surface area contributed by atoms with Crippen molar-refractivity contribution < 1.29 is 0 Å². The van der Waals surface area contributed by atoms with Crippen molar-refractivity contribution in [3.05, 3.63) is 170 Å². The summed E-state index contributed by atoms with van der Waals surface area (Å²) < 4.78 is 3.88.